The van der Waals surface area contributed by atoms with Crippen LogP contribution in [0.25, 0.3) is 11.3 Å². The summed E-state index contributed by atoms with van der Waals surface area (Å²) in [6.45, 7) is 1.66. The average Bonchev–Trinajstić information content (AvgIpc) is 2.98. The number of H-pyrrole nitrogens is 2. The SMILES string of the molecule is CC1(Cl)C=C(I)C=CC1Nc1c(-c2n[nH][nH]c2=O)cc(S(N)(=O)=O)c(F)c1F. The van der Waals surface area contributed by atoms with E-state index in [0.29, 0.717) is 0 Å². The van der Waals surface area contributed by atoms with E-state index in [1.165, 1.54) is 0 Å². The maximum Gasteiger partial charge on any atom is 0.292 e. The van der Waals surface area contributed by atoms with E-state index in [-0.39, 0.29) is 11.3 Å². The summed E-state index contributed by atoms with van der Waals surface area (Å²) in [6, 6.07) is 0.0397. The Labute approximate surface area is 176 Å². The first-order valence-electron chi connectivity index (χ1n) is 7.62. The van der Waals surface area contributed by atoms with E-state index < -0.39 is 48.7 Å². The van der Waals surface area contributed by atoms with Crippen molar-refractivity contribution >= 4 is 49.9 Å². The molecule has 0 amide bonds. The summed E-state index contributed by atoms with van der Waals surface area (Å²) in [5, 5.41) is 15.7. The highest BCUT2D eigenvalue weighted by atomic mass is 127. The summed E-state index contributed by atoms with van der Waals surface area (Å²) in [5.74, 6) is -3.21. The van der Waals surface area contributed by atoms with Crippen LogP contribution in [0.2, 0.25) is 0 Å². The summed E-state index contributed by atoms with van der Waals surface area (Å²) < 4.78 is 53.4. The van der Waals surface area contributed by atoms with Crippen molar-refractivity contribution in [3.05, 3.63) is 49.9 Å². The number of benzene rings is 1. The molecule has 0 radical (unpaired) electrons. The molecule has 3 rings (SSSR count). The molecule has 13 heteroatoms. The Bertz CT molecular complexity index is 1170. The Morgan fingerprint density at radius 2 is 2.07 bits per heavy atom. The first kappa shape index (κ1) is 21.0. The van der Waals surface area contributed by atoms with Gasteiger partial charge in [0.2, 0.25) is 10.0 Å². The Morgan fingerprint density at radius 1 is 1.39 bits per heavy atom. The fraction of sp³-hybridized carbons (Fsp3) is 0.200. The number of primary sulfonamides is 1. The van der Waals surface area contributed by atoms with Crippen molar-refractivity contribution in [2.24, 2.45) is 5.14 Å². The van der Waals surface area contributed by atoms with E-state index in [4.69, 9.17) is 16.7 Å². The molecule has 1 aliphatic rings. The highest BCUT2D eigenvalue weighted by Crippen LogP contribution is 2.37. The number of allylic oxidation sites excluding steroid dienone is 2. The first-order chi connectivity index (χ1) is 12.9. The number of nitrogens with zero attached hydrogens (tertiary/aromatic N) is 1. The van der Waals surface area contributed by atoms with E-state index in [2.05, 4.69) is 43.3 Å². The van der Waals surface area contributed by atoms with Crippen LogP contribution in [0.5, 0.6) is 0 Å². The van der Waals surface area contributed by atoms with Crippen LogP contribution in [-0.2, 0) is 10.0 Å². The Morgan fingerprint density at radius 3 is 2.61 bits per heavy atom. The summed E-state index contributed by atoms with van der Waals surface area (Å²) in [7, 11) is -4.61. The zero-order valence-electron chi connectivity index (χ0n) is 14.1. The van der Waals surface area contributed by atoms with Crippen LogP contribution in [0.3, 0.4) is 0 Å². The predicted molar refractivity (Wildman–Crippen MR) is 109 cm³/mol. The minimum atomic E-state index is -4.61. The van der Waals surface area contributed by atoms with Crippen molar-refractivity contribution in [1.82, 2.24) is 15.4 Å². The van der Waals surface area contributed by atoms with Gasteiger partial charge in [-0.1, -0.05) is 12.2 Å². The van der Waals surface area contributed by atoms with Crippen molar-refractivity contribution in [1.29, 1.82) is 0 Å². The number of nitrogens with one attached hydrogen (secondary N) is 3. The third-order valence-electron chi connectivity index (χ3n) is 4.06. The van der Waals surface area contributed by atoms with Gasteiger partial charge < -0.3 is 5.32 Å². The maximum absolute atomic E-state index is 14.9. The van der Waals surface area contributed by atoms with Gasteiger partial charge in [-0.05, 0) is 41.7 Å². The average molecular weight is 544 g/mol. The summed E-state index contributed by atoms with van der Waals surface area (Å²) in [6.07, 6.45) is 5.06. The lowest BCUT2D eigenvalue weighted by Crippen LogP contribution is -2.39. The fourth-order valence-electron chi connectivity index (χ4n) is 2.69. The summed E-state index contributed by atoms with van der Waals surface area (Å²) in [4.78, 5) is 9.85. The molecule has 0 spiro atoms. The zero-order chi connectivity index (χ0) is 20.9. The molecule has 0 bridgehead atoms. The van der Waals surface area contributed by atoms with Gasteiger partial charge in [-0.3, -0.25) is 4.79 Å². The number of halogens is 4. The van der Waals surface area contributed by atoms with Crippen molar-refractivity contribution in [2.75, 3.05) is 5.32 Å². The lowest BCUT2D eigenvalue weighted by Gasteiger charge is -2.32. The lowest BCUT2D eigenvalue weighted by molar-refractivity contribution is 0.486. The first-order valence-corrected chi connectivity index (χ1v) is 10.6. The van der Waals surface area contributed by atoms with Crippen LogP contribution in [0, 0.1) is 11.6 Å². The molecule has 1 aromatic carbocycles. The predicted octanol–water partition coefficient (Wildman–Crippen LogP) is 2.36. The van der Waals surface area contributed by atoms with Gasteiger partial charge in [-0.25, -0.2) is 32.6 Å². The largest absolute Gasteiger partial charge is 0.374 e. The standard InChI is InChI=1S/C15H13ClF2IN5O3S/c1-15(16)5-6(19)2-3-9(15)21-12-7(13-14(25)23-24-22-13)4-8(28(20,26)27)10(17)11(12)18/h2-5,9,21H,1H3,(H2,20,26,27)(H2,22,23,24,25). The second kappa shape index (κ2) is 7.24. The molecule has 0 saturated carbocycles. The van der Waals surface area contributed by atoms with Crippen molar-refractivity contribution in [3.63, 3.8) is 0 Å². The van der Waals surface area contributed by atoms with Crippen LogP contribution >= 0.6 is 34.2 Å². The van der Waals surface area contributed by atoms with Crippen LogP contribution in [0.15, 0.2) is 37.6 Å². The molecule has 0 saturated heterocycles. The number of aromatic amines is 2. The molecule has 1 aromatic heterocycles. The summed E-state index contributed by atoms with van der Waals surface area (Å²) in [5.41, 5.74) is -1.89. The van der Waals surface area contributed by atoms with Gasteiger partial charge in [0, 0.05) is 9.14 Å². The van der Waals surface area contributed by atoms with E-state index in [1.54, 1.807) is 25.2 Å². The third kappa shape index (κ3) is 3.86. The van der Waals surface area contributed by atoms with Gasteiger partial charge >= 0.3 is 0 Å². The number of rotatable bonds is 4. The second-order valence-electron chi connectivity index (χ2n) is 6.16. The van der Waals surface area contributed by atoms with Gasteiger partial charge in [0.05, 0.1) is 16.6 Å². The monoisotopic (exact) mass is 543 g/mol. The molecular formula is C15H13ClF2IN5O3S. The molecule has 2 unspecified atom stereocenters. The summed E-state index contributed by atoms with van der Waals surface area (Å²) >= 11 is 8.53. The topological polar surface area (TPSA) is 134 Å². The number of sulfonamides is 1. The molecule has 150 valence electrons. The smallest absolute Gasteiger partial charge is 0.292 e. The lowest BCUT2D eigenvalue weighted by atomic mass is 9.95. The number of hydrogen-bond acceptors (Lipinski definition) is 5. The van der Waals surface area contributed by atoms with Gasteiger partial charge in [0.15, 0.2) is 17.3 Å². The molecule has 2 aromatic rings. The van der Waals surface area contributed by atoms with Gasteiger partial charge in [0.1, 0.15) is 4.90 Å². The number of aromatic nitrogens is 3. The van der Waals surface area contributed by atoms with E-state index in [0.717, 1.165) is 9.65 Å². The zero-order valence-corrected chi connectivity index (χ0v) is 17.8. The minimum absolute atomic E-state index is 0.296. The fourth-order valence-corrected chi connectivity index (χ4v) is 4.60. The molecule has 0 fully saturated rings. The van der Waals surface area contributed by atoms with Gasteiger partial charge in [0.25, 0.3) is 5.56 Å². The number of alkyl halides is 1. The number of hydrogen-bond donors (Lipinski definition) is 4. The maximum atomic E-state index is 14.9. The van der Waals surface area contributed by atoms with Crippen LogP contribution in [0.4, 0.5) is 14.5 Å². The normalized spacial score (nSPS) is 22.2. The van der Waals surface area contributed by atoms with Crippen LogP contribution in [0.1, 0.15) is 6.92 Å². The third-order valence-corrected chi connectivity index (χ3v) is 5.99. The van der Waals surface area contributed by atoms with Gasteiger partial charge in [-0.2, -0.15) is 5.10 Å². The Kier molecular flexibility index (Phi) is 5.42. The van der Waals surface area contributed by atoms with Crippen molar-refractivity contribution < 1.29 is 17.2 Å². The second-order valence-corrected chi connectivity index (χ2v) is 9.75. The quantitative estimate of drug-likeness (QED) is 0.347. The van der Waals surface area contributed by atoms with Crippen LogP contribution in [-0.4, -0.2) is 34.7 Å². The van der Waals surface area contributed by atoms with E-state index >= 15 is 0 Å². The van der Waals surface area contributed by atoms with Gasteiger partial charge in [-0.15, -0.1) is 11.6 Å². The number of nitrogens with two attached hydrogens (primary N) is 1. The van der Waals surface area contributed by atoms with E-state index in [9.17, 15) is 22.0 Å². The molecule has 1 heterocycles. The Balaban J connectivity index is 2.24. The molecule has 1 aliphatic carbocycles. The Hall–Kier alpha value is -1.77. The van der Waals surface area contributed by atoms with Crippen molar-refractivity contribution in [2.45, 2.75) is 22.7 Å². The molecule has 8 nitrogen and oxygen atoms in total. The van der Waals surface area contributed by atoms with E-state index in [1.807, 2.05) is 0 Å². The molecule has 5 N–H and O–H groups in total. The highest BCUT2D eigenvalue weighted by Gasteiger charge is 2.34. The number of anilines is 1. The van der Waals surface area contributed by atoms with Crippen LogP contribution < -0.4 is 16.0 Å². The molecule has 0 aliphatic heterocycles. The minimum Gasteiger partial charge on any atom is -0.374 e. The highest BCUT2D eigenvalue weighted by molar-refractivity contribution is 14.1. The van der Waals surface area contributed by atoms with Crippen molar-refractivity contribution in [3.8, 4) is 11.3 Å². The molecule has 28 heavy (non-hydrogen) atoms. The molecule has 2 atom stereocenters. The molecular weight excluding hydrogens is 531 g/mol.